The third-order valence-electron chi connectivity index (χ3n) is 5.29. The molecule has 1 fully saturated rings. The first-order valence-electron chi connectivity index (χ1n) is 10.2. The van der Waals surface area contributed by atoms with Gasteiger partial charge in [-0.15, -0.1) is 0 Å². The fraction of sp³-hybridized carbons (Fsp3) is 0.571. The number of rotatable bonds is 8. The SMILES string of the molecule is CCCN(C(=O)CCc1nc(-c2ccc(C(C)C)cc2)no1)C1CCS(=O)(=O)C1. The number of aryl methyl sites for hydroxylation is 1. The van der Waals surface area contributed by atoms with E-state index in [1.807, 2.05) is 19.1 Å². The van der Waals surface area contributed by atoms with Gasteiger partial charge in [0.2, 0.25) is 17.6 Å². The molecule has 3 rings (SSSR count). The molecule has 1 amide bonds. The summed E-state index contributed by atoms with van der Waals surface area (Å²) in [5.41, 5.74) is 2.12. The zero-order valence-electron chi connectivity index (χ0n) is 17.3. The molecule has 1 aromatic heterocycles. The van der Waals surface area contributed by atoms with E-state index in [4.69, 9.17) is 4.52 Å². The second kappa shape index (κ2) is 9.07. The van der Waals surface area contributed by atoms with E-state index in [1.165, 1.54) is 5.56 Å². The van der Waals surface area contributed by atoms with E-state index in [2.05, 4.69) is 36.1 Å². The van der Waals surface area contributed by atoms with Crippen molar-refractivity contribution >= 4 is 15.7 Å². The van der Waals surface area contributed by atoms with Gasteiger partial charge in [-0.2, -0.15) is 4.98 Å². The average Bonchev–Trinajstić information content (AvgIpc) is 3.30. The summed E-state index contributed by atoms with van der Waals surface area (Å²) in [4.78, 5) is 18.8. The van der Waals surface area contributed by atoms with Crippen LogP contribution in [0.4, 0.5) is 0 Å². The van der Waals surface area contributed by atoms with Crippen LogP contribution in [0.2, 0.25) is 0 Å². The van der Waals surface area contributed by atoms with Gasteiger partial charge in [-0.25, -0.2) is 8.42 Å². The molecule has 0 aliphatic carbocycles. The Bertz CT molecular complexity index is 935. The van der Waals surface area contributed by atoms with Crippen LogP contribution in [0, 0.1) is 0 Å². The summed E-state index contributed by atoms with van der Waals surface area (Å²) >= 11 is 0. The van der Waals surface area contributed by atoms with Crippen molar-refractivity contribution in [2.24, 2.45) is 0 Å². The summed E-state index contributed by atoms with van der Waals surface area (Å²) in [7, 11) is -3.03. The number of carbonyl (C=O) groups excluding carboxylic acids is 1. The molecule has 1 aliphatic heterocycles. The van der Waals surface area contributed by atoms with Crippen LogP contribution < -0.4 is 0 Å². The van der Waals surface area contributed by atoms with E-state index in [1.54, 1.807) is 4.90 Å². The molecular formula is C21H29N3O4S. The normalized spacial score (nSPS) is 18.3. The van der Waals surface area contributed by atoms with Crippen LogP contribution in [-0.4, -0.2) is 53.5 Å². The van der Waals surface area contributed by atoms with Crippen molar-refractivity contribution in [1.29, 1.82) is 0 Å². The van der Waals surface area contributed by atoms with E-state index in [9.17, 15) is 13.2 Å². The van der Waals surface area contributed by atoms with Crippen LogP contribution in [0.3, 0.4) is 0 Å². The lowest BCUT2D eigenvalue weighted by Crippen LogP contribution is -2.41. The monoisotopic (exact) mass is 419 g/mol. The Kier molecular flexibility index (Phi) is 6.72. The minimum Gasteiger partial charge on any atom is -0.339 e. The number of sulfone groups is 1. The van der Waals surface area contributed by atoms with Gasteiger partial charge < -0.3 is 9.42 Å². The van der Waals surface area contributed by atoms with Crippen LogP contribution in [-0.2, 0) is 21.1 Å². The number of hydrogen-bond acceptors (Lipinski definition) is 6. The van der Waals surface area contributed by atoms with Crippen molar-refractivity contribution in [3.05, 3.63) is 35.7 Å². The Morgan fingerprint density at radius 1 is 1.28 bits per heavy atom. The van der Waals surface area contributed by atoms with E-state index >= 15 is 0 Å². The minimum atomic E-state index is -3.03. The number of carbonyl (C=O) groups is 1. The number of hydrogen-bond donors (Lipinski definition) is 0. The maximum atomic E-state index is 12.7. The highest BCUT2D eigenvalue weighted by Gasteiger charge is 2.34. The zero-order chi connectivity index (χ0) is 21.0. The van der Waals surface area contributed by atoms with Gasteiger partial charge in [0.1, 0.15) is 0 Å². The Balaban J connectivity index is 1.61. The highest BCUT2D eigenvalue weighted by atomic mass is 32.2. The van der Waals surface area contributed by atoms with Crippen molar-refractivity contribution in [1.82, 2.24) is 15.0 Å². The first kappa shape index (κ1) is 21.5. The van der Waals surface area contributed by atoms with Crippen LogP contribution in [0.25, 0.3) is 11.4 Å². The van der Waals surface area contributed by atoms with Gasteiger partial charge in [0, 0.05) is 31.0 Å². The number of aromatic nitrogens is 2. The van der Waals surface area contributed by atoms with Gasteiger partial charge in [-0.3, -0.25) is 4.79 Å². The summed E-state index contributed by atoms with van der Waals surface area (Å²) in [6.45, 7) is 6.83. The molecule has 1 aromatic carbocycles. The summed E-state index contributed by atoms with van der Waals surface area (Å²) < 4.78 is 28.9. The summed E-state index contributed by atoms with van der Waals surface area (Å²) in [5.74, 6) is 1.54. The topological polar surface area (TPSA) is 93.4 Å². The molecule has 8 heteroatoms. The molecule has 158 valence electrons. The minimum absolute atomic E-state index is 0.0602. The van der Waals surface area contributed by atoms with E-state index in [0.29, 0.717) is 37.0 Å². The largest absolute Gasteiger partial charge is 0.339 e. The lowest BCUT2D eigenvalue weighted by molar-refractivity contribution is -0.133. The third kappa shape index (κ3) is 5.44. The lowest BCUT2D eigenvalue weighted by atomic mass is 10.0. The van der Waals surface area contributed by atoms with Crippen LogP contribution in [0.15, 0.2) is 28.8 Å². The Morgan fingerprint density at radius 3 is 2.59 bits per heavy atom. The highest BCUT2D eigenvalue weighted by molar-refractivity contribution is 7.91. The molecule has 0 saturated carbocycles. The van der Waals surface area contributed by atoms with Crippen LogP contribution in [0.1, 0.15) is 57.4 Å². The fourth-order valence-corrected chi connectivity index (χ4v) is 5.35. The maximum absolute atomic E-state index is 12.7. The quantitative estimate of drug-likeness (QED) is 0.652. The Labute approximate surface area is 172 Å². The van der Waals surface area contributed by atoms with Gasteiger partial charge >= 0.3 is 0 Å². The van der Waals surface area contributed by atoms with Crippen molar-refractivity contribution < 1.29 is 17.7 Å². The van der Waals surface area contributed by atoms with E-state index in [-0.39, 0.29) is 29.9 Å². The summed E-state index contributed by atoms with van der Waals surface area (Å²) in [6, 6.07) is 7.83. The van der Waals surface area contributed by atoms with Crippen LogP contribution in [0.5, 0.6) is 0 Å². The molecule has 1 atom stereocenters. The predicted molar refractivity (Wildman–Crippen MR) is 111 cm³/mol. The number of nitrogens with zero attached hydrogens (tertiary/aromatic N) is 3. The molecule has 0 radical (unpaired) electrons. The molecule has 29 heavy (non-hydrogen) atoms. The second-order valence-electron chi connectivity index (χ2n) is 7.93. The van der Waals surface area contributed by atoms with Gasteiger partial charge in [0.05, 0.1) is 11.5 Å². The molecule has 1 aliphatic rings. The van der Waals surface area contributed by atoms with E-state index < -0.39 is 9.84 Å². The molecule has 2 aromatic rings. The molecule has 7 nitrogen and oxygen atoms in total. The van der Waals surface area contributed by atoms with Crippen molar-refractivity contribution in [3.8, 4) is 11.4 Å². The molecule has 2 heterocycles. The molecule has 0 bridgehead atoms. The maximum Gasteiger partial charge on any atom is 0.227 e. The first-order chi connectivity index (χ1) is 13.8. The fourth-order valence-electron chi connectivity index (χ4n) is 3.62. The third-order valence-corrected chi connectivity index (χ3v) is 7.04. The lowest BCUT2D eigenvalue weighted by Gasteiger charge is -2.27. The number of amides is 1. The molecule has 1 unspecified atom stereocenters. The van der Waals surface area contributed by atoms with Gasteiger partial charge in [-0.1, -0.05) is 50.2 Å². The molecule has 0 N–H and O–H groups in total. The summed E-state index contributed by atoms with van der Waals surface area (Å²) in [6.07, 6.45) is 1.88. The summed E-state index contributed by atoms with van der Waals surface area (Å²) in [5, 5.41) is 4.03. The van der Waals surface area contributed by atoms with E-state index in [0.717, 1.165) is 12.0 Å². The van der Waals surface area contributed by atoms with Gasteiger partial charge in [-0.05, 0) is 24.3 Å². The zero-order valence-corrected chi connectivity index (χ0v) is 18.1. The van der Waals surface area contributed by atoms with Crippen molar-refractivity contribution in [2.75, 3.05) is 18.1 Å². The Hall–Kier alpha value is -2.22. The smallest absolute Gasteiger partial charge is 0.227 e. The molecule has 1 saturated heterocycles. The molecular weight excluding hydrogens is 390 g/mol. The molecule has 0 spiro atoms. The standard InChI is InChI=1S/C21H29N3O4S/c1-4-12-24(18-11-13-29(26,27)14-18)20(25)10-9-19-22-21(23-28-19)17-7-5-16(6-8-17)15(2)3/h5-8,15,18H,4,9-14H2,1-3H3. The van der Waals surface area contributed by atoms with Gasteiger partial charge in [0.15, 0.2) is 9.84 Å². The van der Waals surface area contributed by atoms with Crippen LogP contribution >= 0.6 is 0 Å². The first-order valence-corrected chi connectivity index (χ1v) is 12.0. The highest BCUT2D eigenvalue weighted by Crippen LogP contribution is 2.22. The van der Waals surface area contributed by atoms with Crippen molar-refractivity contribution in [3.63, 3.8) is 0 Å². The number of benzene rings is 1. The average molecular weight is 420 g/mol. The predicted octanol–water partition coefficient (Wildman–Crippen LogP) is 3.22. The van der Waals surface area contributed by atoms with Crippen molar-refractivity contribution in [2.45, 2.75) is 58.4 Å². The van der Waals surface area contributed by atoms with Gasteiger partial charge in [0.25, 0.3) is 0 Å². The Morgan fingerprint density at radius 2 is 2.00 bits per heavy atom. The second-order valence-corrected chi connectivity index (χ2v) is 10.2.